The Labute approximate surface area is 118 Å². The molecule has 1 aromatic heterocycles. The summed E-state index contributed by atoms with van der Waals surface area (Å²) in [5, 5.41) is 9.09. The van der Waals surface area contributed by atoms with Crippen molar-refractivity contribution in [2.45, 2.75) is 12.6 Å². The molecule has 2 aliphatic heterocycles. The molecule has 0 amide bonds. The van der Waals surface area contributed by atoms with Crippen molar-refractivity contribution in [3.8, 4) is 0 Å². The van der Waals surface area contributed by atoms with E-state index in [1.165, 1.54) is 12.1 Å². The molecule has 0 bridgehead atoms. The Morgan fingerprint density at radius 2 is 1.95 bits per heavy atom. The largest absolute Gasteiger partial charge is 0.390 e. The predicted octanol–water partition coefficient (Wildman–Crippen LogP) is 0.149. The smallest absolute Gasteiger partial charge is 0.165 e. The summed E-state index contributed by atoms with van der Waals surface area (Å²) in [7, 11) is 2.14. The zero-order chi connectivity index (χ0) is 14.1. The number of likely N-dealkylation sites (N-methyl/N-ethyl adjacent to an activating group) is 1. The third-order valence-electron chi connectivity index (χ3n) is 4.26. The topological polar surface area (TPSA) is 42.8 Å². The number of aliphatic hydroxyl groups is 1. The number of rotatable bonds is 3. The Morgan fingerprint density at radius 1 is 1.25 bits per heavy atom. The van der Waals surface area contributed by atoms with Crippen molar-refractivity contribution >= 4 is 5.82 Å². The summed E-state index contributed by atoms with van der Waals surface area (Å²) in [5.41, 5.74) is 0.518. The Kier molecular flexibility index (Phi) is 3.87. The molecule has 110 valence electrons. The number of hydrogen-bond acceptors (Lipinski definition) is 5. The molecule has 0 spiro atoms. The number of aromatic nitrogens is 1. The molecule has 3 rings (SSSR count). The molecule has 20 heavy (non-hydrogen) atoms. The van der Waals surface area contributed by atoms with Crippen LogP contribution in [0.2, 0.25) is 0 Å². The average Bonchev–Trinajstić information content (AvgIpc) is 2.41. The second-order valence-electron chi connectivity index (χ2n) is 5.66. The first-order valence-corrected chi connectivity index (χ1v) is 7.11. The maximum absolute atomic E-state index is 13.8. The fraction of sp³-hybridized carbons (Fsp3) is 0.643. The van der Waals surface area contributed by atoms with E-state index in [9.17, 15) is 4.39 Å². The van der Waals surface area contributed by atoms with Crippen LogP contribution in [0.4, 0.5) is 10.2 Å². The molecule has 0 atom stereocenters. The molecule has 2 aliphatic rings. The number of hydrogen-bond donors (Lipinski definition) is 1. The summed E-state index contributed by atoms with van der Waals surface area (Å²) in [6.45, 7) is 5.86. The molecule has 1 N–H and O–H groups in total. The van der Waals surface area contributed by atoms with Crippen molar-refractivity contribution in [3.05, 3.63) is 23.6 Å². The maximum atomic E-state index is 13.8. The first-order chi connectivity index (χ1) is 9.67. The SMILES string of the molecule is CN1CCN(C2CN(c3nc(CO)ccc3F)C2)CC1. The summed E-state index contributed by atoms with van der Waals surface area (Å²) in [6, 6.07) is 3.41. The molecular formula is C14H21FN4O. The highest BCUT2D eigenvalue weighted by Crippen LogP contribution is 2.25. The highest BCUT2D eigenvalue weighted by atomic mass is 19.1. The summed E-state index contributed by atoms with van der Waals surface area (Å²) in [4.78, 5) is 10.9. The third kappa shape index (κ3) is 2.63. The van der Waals surface area contributed by atoms with Crippen LogP contribution in [-0.2, 0) is 6.61 Å². The van der Waals surface area contributed by atoms with E-state index in [2.05, 4.69) is 21.8 Å². The minimum absolute atomic E-state index is 0.150. The van der Waals surface area contributed by atoms with Crippen LogP contribution in [0.25, 0.3) is 0 Å². The number of piperazine rings is 1. The van der Waals surface area contributed by atoms with E-state index in [-0.39, 0.29) is 12.4 Å². The minimum atomic E-state index is -0.306. The third-order valence-corrected chi connectivity index (χ3v) is 4.26. The lowest BCUT2D eigenvalue weighted by atomic mass is 10.1. The fourth-order valence-electron chi connectivity index (χ4n) is 2.83. The van der Waals surface area contributed by atoms with Gasteiger partial charge >= 0.3 is 0 Å². The van der Waals surface area contributed by atoms with Crippen LogP contribution in [0.5, 0.6) is 0 Å². The van der Waals surface area contributed by atoms with E-state index in [4.69, 9.17) is 5.11 Å². The molecule has 0 saturated carbocycles. The van der Waals surface area contributed by atoms with Gasteiger partial charge in [0.15, 0.2) is 11.6 Å². The van der Waals surface area contributed by atoms with E-state index < -0.39 is 0 Å². The van der Waals surface area contributed by atoms with Crippen molar-refractivity contribution in [3.63, 3.8) is 0 Å². The summed E-state index contributed by atoms with van der Waals surface area (Å²) < 4.78 is 13.8. The maximum Gasteiger partial charge on any atom is 0.165 e. The van der Waals surface area contributed by atoms with Gasteiger partial charge in [0.2, 0.25) is 0 Å². The lowest BCUT2D eigenvalue weighted by molar-refractivity contribution is 0.0957. The average molecular weight is 280 g/mol. The minimum Gasteiger partial charge on any atom is -0.390 e. The molecule has 0 unspecified atom stereocenters. The quantitative estimate of drug-likeness (QED) is 0.854. The van der Waals surface area contributed by atoms with E-state index in [0.29, 0.717) is 17.6 Å². The zero-order valence-corrected chi connectivity index (χ0v) is 11.8. The Bertz CT molecular complexity index is 470. The molecule has 6 heteroatoms. The summed E-state index contributed by atoms with van der Waals surface area (Å²) in [6.07, 6.45) is 0. The first kappa shape index (κ1) is 13.7. The first-order valence-electron chi connectivity index (χ1n) is 7.11. The lowest BCUT2D eigenvalue weighted by Gasteiger charge is -2.48. The summed E-state index contributed by atoms with van der Waals surface area (Å²) >= 11 is 0. The van der Waals surface area contributed by atoms with E-state index in [1.54, 1.807) is 0 Å². The molecule has 2 fully saturated rings. The fourth-order valence-corrected chi connectivity index (χ4v) is 2.83. The molecule has 3 heterocycles. The van der Waals surface area contributed by atoms with Crippen LogP contribution in [0.1, 0.15) is 5.69 Å². The molecule has 0 aromatic carbocycles. The van der Waals surface area contributed by atoms with E-state index in [1.807, 2.05) is 4.90 Å². The zero-order valence-electron chi connectivity index (χ0n) is 11.8. The van der Waals surface area contributed by atoms with E-state index >= 15 is 0 Å². The molecule has 0 radical (unpaired) electrons. The van der Waals surface area contributed by atoms with Gasteiger partial charge in [-0.2, -0.15) is 0 Å². The van der Waals surface area contributed by atoms with Crippen LogP contribution in [0, 0.1) is 5.82 Å². The Morgan fingerprint density at radius 3 is 2.60 bits per heavy atom. The van der Waals surface area contributed by atoms with Gasteiger partial charge in [-0.05, 0) is 19.2 Å². The van der Waals surface area contributed by atoms with Crippen molar-refractivity contribution < 1.29 is 9.50 Å². The van der Waals surface area contributed by atoms with Crippen LogP contribution < -0.4 is 4.90 Å². The second kappa shape index (κ2) is 5.63. The normalized spacial score (nSPS) is 22.1. The monoisotopic (exact) mass is 280 g/mol. The number of nitrogens with zero attached hydrogens (tertiary/aromatic N) is 4. The Hall–Kier alpha value is -1.24. The van der Waals surface area contributed by atoms with Gasteiger partial charge in [0, 0.05) is 45.3 Å². The number of halogens is 1. The van der Waals surface area contributed by atoms with Crippen molar-refractivity contribution in [1.82, 2.24) is 14.8 Å². The van der Waals surface area contributed by atoms with Crippen molar-refractivity contribution in [1.29, 1.82) is 0 Å². The van der Waals surface area contributed by atoms with Crippen LogP contribution >= 0.6 is 0 Å². The van der Waals surface area contributed by atoms with Gasteiger partial charge in [-0.1, -0.05) is 0 Å². The van der Waals surface area contributed by atoms with Gasteiger partial charge in [0.25, 0.3) is 0 Å². The van der Waals surface area contributed by atoms with Gasteiger partial charge in [-0.3, -0.25) is 4.90 Å². The lowest BCUT2D eigenvalue weighted by Crippen LogP contribution is -2.63. The molecular weight excluding hydrogens is 259 g/mol. The van der Waals surface area contributed by atoms with Crippen LogP contribution in [0.15, 0.2) is 12.1 Å². The highest BCUT2D eigenvalue weighted by molar-refractivity contribution is 5.44. The summed E-state index contributed by atoms with van der Waals surface area (Å²) in [5.74, 6) is 0.0703. The van der Waals surface area contributed by atoms with Gasteiger partial charge in [0.05, 0.1) is 12.3 Å². The second-order valence-corrected chi connectivity index (χ2v) is 5.66. The molecule has 2 saturated heterocycles. The van der Waals surface area contributed by atoms with E-state index in [0.717, 1.165) is 39.3 Å². The van der Waals surface area contributed by atoms with Crippen LogP contribution in [0.3, 0.4) is 0 Å². The number of pyridine rings is 1. The number of aliphatic hydroxyl groups excluding tert-OH is 1. The van der Waals surface area contributed by atoms with Gasteiger partial charge in [-0.15, -0.1) is 0 Å². The highest BCUT2D eigenvalue weighted by Gasteiger charge is 2.34. The number of anilines is 1. The van der Waals surface area contributed by atoms with Crippen LogP contribution in [-0.4, -0.2) is 72.2 Å². The molecule has 0 aliphatic carbocycles. The van der Waals surface area contributed by atoms with Gasteiger partial charge in [0.1, 0.15) is 0 Å². The Balaban J connectivity index is 1.60. The predicted molar refractivity (Wildman–Crippen MR) is 75.2 cm³/mol. The molecule has 1 aromatic rings. The van der Waals surface area contributed by atoms with Gasteiger partial charge < -0.3 is 14.9 Å². The standard InChI is InChI=1S/C14H21FN4O/c1-17-4-6-18(7-5-17)12-8-19(9-12)14-13(15)3-2-11(10-20)16-14/h2-3,12,20H,4-10H2,1H3. The molecule has 5 nitrogen and oxygen atoms in total. The van der Waals surface area contributed by atoms with Gasteiger partial charge in [-0.25, -0.2) is 9.37 Å². The van der Waals surface area contributed by atoms with Crippen molar-refractivity contribution in [2.24, 2.45) is 0 Å². The van der Waals surface area contributed by atoms with Crippen molar-refractivity contribution in [2.75, 3.05) is 51.2 Å².